The molecule has 53 heavy (non-hydrogen) atoms. The highest BCUT2D eigenvalue weighted by atomic mass is 16.6. The molecule has 1 aromatic heterocycles. The van der Waals surface area contributed by atoms with Crippen molar-refractivity contribution < 1.29 is 43.0 Å². The quantitative estimate of drug-likeness (QED) is 0.222. The van der Waals surface area contributed by atoms with E-state index in [1.54, 1.807) is 34.8 Å². The molecule has 1 fully saturated rings. The predicted octanol–water partition coefficient (Wildman–Crippen LogP) is 5.14. The number of ether oxygens (including phenoxy) is 4. The molecule has 4 unspecified atom stereocenters. The number of methoxy groups -OCH3 is 1. The van der Waals surface area contributed by atoms with Crippen molar-refractivity contribution >= 4 is 34.9 Å². The lowest BCUT2D eigenvalue weighted by Gasteiger charge is -2.28. The van der Waals surface area contributed by atoms with E-state index in [1.165, 1.54) is 5.01 Å². The van der Waals surface area contributed by atoms with Crippen molar-refractivity contribution in [3.63, 3.8) is 0 Å². The van der Waals surface area contributed by atoms with E-state index >= 15 is 0 Å². The molecular weight excluding hydrogens is 678 g/mol. The molecule has 2 aliphatic rings. The van der Waals surface area contributed by atoms with Gasteiger partial charge in [-0.15, -0.1) is 0 Å². The van der Waals surface area contributed by atoms with Gasteiger partial charge in [-0.2, -0.15) is 5.01 Å². The van der Waals surface area contributed by atoms with Gasteiger partial charge in [-0.25, -0.2) is 29.7 Å². The van der Waals surface area contributed by atoms with Crippen LogP contribution < -0.4 is 25.1 Å². The normalized spacial score (nSPS) is 21.7. The van der Waals surface area contributed by atoms with Crippen molar-refractivity contribution in [2.24, 2.45) is 0 Å². The molecule has 4 amide bonds. The molecule has 284 valence electrons. The summed E-state index contributed by atoms with van der Waals surface area (Å²) in [5.41, 5.74) is 4.08. The van der Waals surface area contributed by atoms with Crippen molar-refractivity contribution in [1.82, 2.24) is 20.7 Å². The van der Waals surface area contributed by atoms with Crippen LogP contribution >= 0.6 is 0 Å². The summed E-state index contributed by atoms with van der Waals surface area (Å²) in [4.78, 5) is 59.8. The maximum atomic E-state index is 14.5. The molecule has 4 atom stereocenters. The molecule has 2 aromatic carbocycles. The van der Waals surface area contributed by atoms with Crippen molar-refractivity contribution in [2.45, 2.75) is 96.4 Å². The van der Waals surface area contributed by atoms with Gasteiger partial charge in [-0.1, -0.05) is 48.9 Å². The summed E-state index contributed by atoms with van der Waals surface area (Å²) < 4.78 is 23.0. The minimum Gasteiger partial charge on any atom is -0.497 e. The fraction of sp³-hybridized carbons (Fsp3) is 0.475. The standard InChI is InChI=1S/C40H51N5O8/c1-6-51-37(47)31-19-15-10-8-7-9-11-16-22-45(43-38(48)53-40(2,3)4)39(49)44-26-29(24-34(44)36(46)42-31)52-35-25-32(27-17-13-12-14-18-27)41-33-23-28(50-5)20-21-30(33)35/h8,10,12-14,17-18,20-21,23,25,29,31,34H,6-7,9,11,15-16,19,22,24,26H2,1-5H3,(H,42,46)(H,43,48)/p+1. The van der Waals surface area contributed by atoms with Crippen molar-refractivity contribution in [3.8, 4) is 22.8 Å². The lowest BCUT2D eigenvalue weighted by molar-refractivity contribution is -0.824. The van der Waals surface area contributed by atoms with E-state index in [4.69, 9.17) is 23.9 Å². The van der Waals surface area contributed by atoms with Gasteiger partial charge in [0.2, 0.25) is 0 Å². The second-order valence-corrected chi connectivity index (χ2v) is 14.3. The van der Waals surface area contributed by atoms with Crippen LogP contribution in [0.5, 0.6) is 11.5 Å². The molecule has 1 saturated heterocycles. The Kier molecular flexibility index (Phi) is 13.3. The molecular formula is C40H52N5O8+. The van der Waals surface area contributed by atoms with Crippen molar-refractivity contribution in [2.75, 3.05) is 26.8 Å². The largest absolute Gasteiger partial charge is 0.497 e. The van der Waals surface area contributed by atoms with Gasteiger partial charge in [-0.05, 0) is 71.9 Å². The highest BCUT2D eigenvalue weighted by Crippen LogP contribution is 2.33. The Morgan fingerprint density at radius 2 is 1.79 bits per heavy atom. The summed E-state index contributed by atoms with van der Waals surface area (Å²) in [5.74, 6) is 0.154. The molecule has 2 aliphatic heterocycles. The summed E-state index contributed by atoms with van der Waals surface area (Å²) in [5, 5.41) is 4.87. The number of nitrogens with zero attached hydrogens (tertiary/aromatic N) is 2. The molecule has 3 N–H and O–H groups in total. The van der Waals surface area contributed by atoms with E-state index in [9.17, 15) is 19.2 Å². The van der Waals surface area contributed by atoms with E-state index in [0.29, 0.717) is 42.0 Å². The monoisotopic (exact) mass is 730 g/mol. The lowest BCUT2D eigenvalue weighted by atomic mass is 10.1. The summed E-state index contributed by atoms with van der Waals surface area (Å²) in [6.45, 7) is 7.43. The Morgan fingerprint density at radius 3 is 2.53 bits per heavy atom. The van der Waals surface area contributed by atoms with Crippen LogP contribution in [0.25, 0.3) is 22.2 Å². The van der Waals surface area contributed by atoms with Crippen LogP contribution in [-0.4, -0.2) is 84.6 Å². The second kappa shape index (κ2) is 18.0. The van der Waals surface area contributed by atoms with Gasteiger partial charge >= 0.3 is 18.1 Å². The number of pyridine rings is 1. The van der Waals surface area contributed by atoms with Crippen LogP contribution in [0.1, 0.15) is 72.6 Å². The summed E-state index contributed by atoms with van der Waals surface area (Å²) >= 11 is 0. The van der Waals surface area contributed by atoms with Gasteiger partial charge in [0.15, 0.2) is 12.1 Å². The number of rotatable bonds is 7. The fourth-order valence-electron chi connectivity index (χ4n) is 6.57. The predicted molar refractivity (Wildman–Crippen MR) is 199 cm³/mol. The second-order valence-electron chi connectivity index (χ2n) is 14.3. The van der Waals surface area contributed by atoms with E-state index in [0.717, 1.165) is 30.2 Å². The number of fused-ring (bicyclic) bond motifs is 2. The average molecular weight is 731 g/mol. The Balaban J connectivity index is 1.50. The SMILES string of the molecule is CCOC(=O)C1CCC=CCCCCCN(NC(=O)OC(C)(C)C)C(=O)[NH+]2CC(Oc3cc(-c4ccccc4)nc4cc(OC)ccc34)CC2C(=O)N1. The maximum Gasteiger partial charge on any atom is 0.436 e. The molecule has 0 radical (unpaired) electrons. The number of nitrogens with one attached hydrogen (secondary N) is 3. The smallest absolute Gasteiger partial charge is 0.436 e. The molecule has 5 rings (SSSR count). The van der Waals surface area contributed by atoms with E-state index in [2.05, 4.69) is 16.8 Å². The molecule has 0 saturated carbocycles. The number of aromatic nitrogens is 1. The first-order valence-electron chi connectivity index (χ1n) is 18.5. The zero-order valence-corrected chi connectivity index (χ0v) is 31.3. The molecule has 0 bridgehead atoms. The van der Waals surface area contributed by atoms with Gasteiger partial charge in [-0.3, -0.25) is 4.79 Å². The minimum absolute atomic E-state index is 0.108. The third kappa shape index (κ3) is 10.7. The first-order valence-corrected chi connectivity index (χ1v) is 18.5. The summed E-state index contributed by atoms with van der Waals surface area (Å²) in [6.07, 6.45) is 6.92. The number of benzene rings is 2. The van der Waals surface area contributed by atoms with Gasteiger partial charge in [0, 0.05) is 29.6 Å². The molecule has 0 aliphatic carbocycles. The number of hydrogen-bond donors (Lipinski definition) is 3. The number of esters is 1. The fourth-order valence-corrected chi connectivity index (χ4v) is 6.57. The van der Waals surface area contributed by atoms with Gasteiger partial charge < -0.3 is 24.3 Å². The van der Waals surface area contributed by atoms with Crippen LogP contribution in [0, 0.1) is 0 Å². The van der Waals surface area contributed by atoms with Crippen LogP contribution in [0.3, 0.4) is 0 Å². The number of amides is 4. The number of carbonyl (C=O) groups is 4. The Morgan fingerprint density at radius 1 is 1.02 bits per heavy atom. The number of allylic oxidation sites excluding steroid dienone is 2. The van der Waals surface area contributed by atoms with Gasteiger partial charge in [0.1, 0.15) is 29.7 Å². The lowest BCUT2D eigenvalue weighted by Crippen LogP contribution is -3.19. The maximum absolute atomic E-state index is 14.5. The number of carbonyl (C=O) groups excluding carboxylic acids is 4. The Bertz CT molecular complexity index is 1780. The average Bonchev–Trinajstić information content (AvgIpc) is 3.55. The highest BCUT2D eigenvalue weighted by Gasteiger charge is 2.49. The zero-order chi connectivity index (χ0) is 38.0. The van der Waals surface area contributed by atoms with Crippen LogP contribution in [-0.2, 0) is 19.1 Å². The number of urea groups is 1. The summed E-state index contributed by atoms with van der Waals surface area (Å²) in [6, 6.07) is 14.8. The van der Waals surface area contributed by atoms with E-state index in [-0.39, 0.29) is 31.0 Å². The minimum atomic E-state index is -0.947. The van der Waals surface area contributed by atoms with Crippen molar-refractivity contribution in [1.29, 1.82) is 0 Å². The van der Waals surface area contributed by atoms with Crippen LogP contribution in [0.15, 0.2) is 66.7 Å². The topological polar surface area (TPSA) is 150 Å². The third-order valence-corrected chi connectivity index (χ3v) is 9.10. The molecule has 13 heteroatoms. The summed E-state index contributed by atoms with van der Waals surface area (Å²) in [7, 11) is 1.59. The van der Waals surface area contributed by atoms with Gasteiger partial charge in [0.05, 0.1) is 31.3 Å². The Labute approximate surface area is 311 Å². The number of hydrogen-bond acceptors (Lipinski definition) is 9. The Hall–Kier alpha value is -5.17. The van der Waals surface area contributed by atoms with Crippen LogP contribution in [0.2, 0.25) is 0 Å². The first kappa shape index (κ1) is 39.0. The number of quaternary nitrogens is 1. The molecule has 0 spiro atoms. The molecule has 13 nitrogen and oxygen atoms in total. The number of hydrazine groups is 1. The van der Waals surface area contributed by atoms with Gasteiger partial charge in [0.25, 0.3) is 5.91 Å². The zero-order valence-electron chi connectivity index (χ0n) is 31.3. The van der Waals surface area contributed by atoms with E-state index in [1.807, 2.05) is 60.7 Å². The van der Waals surface area contributed by atoms with Crippen LogP contribution in [0.4, 0.5) is 9.59 Å². The molecule has 3 aromatic rings. The van der Waals surface area contributed by atoms with E-state index < -0.39 is 47.8 Å². The molecule has 3 heterocycles. The first-order chi connectivity index (χ1) is 25.5. The third-order valence-electron chi connectivity index (χ3n) is 9.10. The van der Waals surface area contributed by atoms with Crippen molar-refractivity contribution in [3.05, 3.63) is 66.7 Å². The highest BCUT2D eigenvalue weighted by molar-refractivity contribution is 5.90.